The van der Waals surface area contributed by atoms with E-state index in [1.54, 1.807) is 53.7 Å². The Bertz CT molecular complexity index is 945. The maximum atomic E-state index is 12.7. The van der Waals surface area contributed by atoms with Crippen LogP contribution >= 0.6 is 11.6 Å². The van der Waals surface area contributed by atoms with Crippen LogP contribution in [-0.4, -0.2) is 38.1 Å². The molecular weight excluding hydrogens is 398 g/mol. The van der Waals surface area contributed by atoms with Crippen LogP contribution in [0, 0.1) is 5.92 Å². The third-order valence-corrected chi connectivity index (χ3v) is 3.93. The Morgan fingerprint density at radius 2 is 1.62 bits per heavy atom. The number of benzene rings is 1. The molecule has 0 atom stereocenters. The predicted molar refractivity (Wildman–Crippen MR) is 109 cm³/mol. The van der Waals surface area contributed by atoms with Crippen LogP contribution in [0.4, 0.5) is 0 Å². The first-order valence-electron chi connectivity index (χ1n) is 9.25. The number of hydrogen-bond donors (Lipinski definition) is 0. The predicted octanol–water partition coefficient (Wildman–Crippen LogP) is 3.13. The summed E-state index contributed by atoms with van der Waals surface area (Å²) < 4.78 is 11.8. The number of halogens is 1. The van der Waals surface area contributed by atoms with Crippen LogP contribution in [0.3, 0.4) is 0 Å². The average molecular weight is 424 g/mol. The summed E-state index contributed by atoms with van der Waals surface area (Å²) in [6, 6.07) is 4.72. The molecule has 29 heavy (non-hydrogen) atoms. The van der Waals surface area contributed by atoms with Gasteiger partial charge < -0.3 is 9.47 Å². The molecule has 9 heteroatoms. The van der Waals surface area contributed by atoms with Gasteiger partial charge in [-0.05, 0) is 66.2 Å². The van der Waals surface area contributed by atoms with E-state index in [0.717, 1.165) is 4.68 Å². The average Bonchev–Trinajstić information content (AvgIpc) is 2.54. The molecule has 0 aliphatic rings. The summed E-state index contributed by atoms with van der Waals surface area (Å²) >= 11 is 5.96. The van der Waals surface area contributed by atoms with Crippen molar-refractivity contribution in [2.24, 2.45) is 5.92 Å². The molecule has 0 radical (unpaired) electrons. The third kappa shape index (κ3) is 6.52. The number of rotatable bonds is 5. The van der Waals surface area contributed by atoms with Gasteiger partial charge in [-0.15, -0.1) is 5.10 Å². The van der Waals surface area contributed by atoms with Crippen LogP contribution < -0.4 is 5.56 Å². The van der Waals surface area contributed by atoms with Crippen molar-refractivity contribution >= 4 is 34.4 Å². The van der Waals surface area contributed by atoms with Crippen molar-refractivity contribution < 1.29 is 19.1 Å². The maximum absolute atomic E-state index is 12.7. The minimum atomic E-state index is -1.20. The normalized spacial score (nSPS) is 12.3. The van der Waals surface area contributed by atoms with Gasteiger partial charge in [0, 0.05) is 11.6 Å². The third-order valence-electron chi connectivity index (χ3n) is 3.70. The molecule has 158 valence electrons. The van der Waals surface area contributed by atoms with Crippen LogP contribution in [0.15, 0.2) is 23.0 Å². The molecule has 0 amide bonds. The number of ether oxygens (including phenoxy) is 2. The van der Waals surface area contributed by atoms with Crippen molar-refractivity contribution in [2.75, 3.05) is 0 Å². The topological polar surface area (TPSA) is 100 Å². The number of esters is 2. The number of fused-ring (bicyclic) bond motifs is 1. The smallest absolute Gasteiger partial charge is 0.320 e. The highest BCUT2D eigenvalue weighted by atomic mass is 35.5. The Kier molecular flexibility index (Phi) is 6.67. The highest BCUT2D eigenvalue weighted by Gasteiger charge is 2.34. The summed E-state index contributed by atoms with van der Waals surface area (Å²) in [6.45, 7) is 10.2. The molecule has 1 heterocycles. The molecule has 1 aromatic heterocycles. The van der Waals surface area contributed by atoms with Crippen molar-refractivity contribution in [1.82, 2.24) is 15.0 Å². The molecule has 0 spiro atoms. The summed E-state index contributed by atoms with van der Waals surface area (Å²) in [5.41, 5.74) is -1.54. The molecule has 2 aromatic rings. The molecule has 0 N–H and O–H groups in total. The number of nitrogens with zero attached hydrogens (tertiary/aromatic N) is 3. The Hall–Kier alpha value is -2.48. The number of carbonyl (C=O) groups excluding carboxylic acids is 2. The van der Waals surface area contributed by atoms with Crippen molar-refractivity contribution in [3.05, 3.63) is 33.6 Å². The Morgan fingerprint density at radius 1 is 1.07 bits per heavy atom. The first-order chi connectivity index (χ1) is 13.3. The highest BCUT2D eigenvalue weighted by molar-refractivity contribution is 6.31. The van der Waals surface area contributed by atoms with Crippen LogP contribution in [0.25, 0.3) is 10.9 Å². The van der Waals surface area contributed by atoms with Gasteiger partial charge >= 0.3 is 11.9 Å². The summed E-state index contributed by atoms with van der Waals surface area (Å²) in [4.78, 5) is 37.8. The van der Waals surface area contributed by atoms with E-state index in [1.165, 1.54) is 6.07 Å². The van der Waals surface area contributed by atoms with E-state index in [1.807, 2.05) is 0 Å². The van der Waals surface area contributed by atoms with Crippen LogP contribution in [-0.2, 0) is 25.6 Å². The fraction of sp³-hybridized carbons (Fsp3) is 0.550. The molecule has 2 rings (SSSR count). The fourth-order valence-electron chi connectivity index (χ4n) is 2.52. The molecule has 0 saturated heterocycles. The molecule has 0 bridgehead atoms. The second kappa shape index (κ2) is 8.49. The molecule has 0 saturated carbocycles. The van der Waals surface area contributed by atoms with Gasteiger partial charge in [-0.25, -0.2) is 4.68 Å². The minimum absolute atomic E-state index is 0.0164. The fourth-order valence-corrected chi connectivity index (χ4v) is 2.70. The van der Waals surface area contributed by atoms with E-state index >= 15 is 0 Å². The van der Waals surface area contributed by atoms with Crippen molar-refractivity contribution in [3.63, 3.8) is 0 Å². The molecule has 1 aromatic carbocycles. The zero-order valence-corrected chi connectivity index (χ0v) is 18.2. The van der Waals surface area contributed by atoms with Crippen molar-refractivity contribution in [3.8, 4) is 0 Å². The van der Waals surface area contributed by atoms with Gasteiger partial charge in [-0.3, -0.25) is 14.4 Å². The van der Waals surface area contributed by atoms with Gasteiger partial charge in [0.1, 0.15) is 16.7 Å². The van der Waals surface area contributed by atoms with Crippen molar-refractivity contribution in [1.29, 1.82) is 0 Å². The van der Waals surface area contributed by atoms with Crippen molar-refractivity contribution in [2.45, 2.75) is 65.7 Å². The number of aromatic nitrogens is 3. The van der Waals surface area contributed by atoms with Gasteiger partial charge in [0.15, 0.2) is 5.92 Å². The summed E-state index contributed by atoms with van der Waals surface area (Å²) in [5, 5.41) is 8.58. The van der Waals surface area contributed by atoms with Crippen LogP contribution in [0.5, 0.6) is 0 Å². The van der Waals surface area contributed by atoms with E-state index in [9.17, 15) is 14.4 Å². The molecular formula is C20H26ClN3O5. The van der Waals surface area contributed by atoms with E-state index in [-0.39, 0.29) is 13.0 Å². The Balaban J connectivity index is 2.28. The monoisotopic (exact) mass is 423 g/mol. The Labute approximate surface area is 174 Å². The zero-order chi connectivity index (χ0) is 22.0. The lowest BCUT2D eigenvalue weighted by Gasteiger charge is -2.26. The standard InChI is InChI=1S/C20H26ClN3O5/c1-19(2,3)28-17(26)13(18(27)29-20(4,5)6)9-10-24-16(25)14-11-12(21)7-8-15(14)22-23-24/h7-8,11,13H,9-10H2,1-6H3. The van der Waals surface area contributed by atoms with Gasteiger partial charge in [0.2, 0.25) is 0 Å². The summed E-state index contributed by atoms with van der Waals surface area (Å²) in [5.74, 6) is -2.62. The highest BCUT2D eigenvalue weighted by Crippen LogP contribution is 2.19. The Morgan fingerprint density at radius 3 is 2.14 bits per heavy atom. The lowest BCUT2D eigenvalue weighted by atomic mass is 10.0. The zero-order valence-electron chi connectivity index (χ0n) is 17.5. The molecule has 0 unspecified atom stereocenters. The molecule has 0 fully saturated rings. The van der Waals surface area contributed by atoms with E-state index < -0.39 is 34.6 Å². The lowest BCUT2D eigenvalue weighted by molar-refractivity contribution is -0.174. The van der Waals surface area contributed by atoms with Gasteiger partial charge in [0.25, 0.3) is 5.56 Å². The van der Waals surface area contributed by atoms with E-state index in [0.29, 0.717) is 15.9 Å². The van der Waals surface area contributed by atoms with E-state index in [2.05, 4.69) is 10.3 Å². The molecule has 0 aliphatic carbocycles. The van der Waals surface area contributed by atoms with Gasteiger partial charge in [-0.2, -0.15) is 0 Å². The first kappa shape index (κ1) is 22.8. The SMILES string of the molecule is CC(C)(C)OC(=O)C(CCn1nnc2ccc(Cl)cc2c1=O)C(=O)OC(C)(C)C. The lowest BCUT2D eigenvalue weighted by Crippen LogP contribution is -2.38. The summed E-state index contributed by atoms with van der Waals surface area (Å²) in [7, 11) is 0. The maximum Gasteiger partial charge on any atom is 0.320 e. The molecule has 8 nitrogen and oxygen atoms in total. The number of aryl methyl sites for hydroxylation is 1. The number of hydrogen-bond acceptors (Lipinski definition) is 7. The second-order valence-corrected chi connectivity index (χ2v) is 9.12. The van der Waals surface area contributed by atoms with Crippen LogP contribution in [0.2, 0.25) is 5.02 Å². The first-order valence-corrected chi connectivity index (χ1v) is 9.63. The van der Waals surface area contributed by atoms with Gasteiger partial charge in [-0.1, -0.05) is 16.8 Å². The minimum Gasteiger partial charge on any atom is -0.459 e. The largest absolute Gasteiger partial charge is 0.459 e. The van der Waals surface area contributed by atoms with Crippen LogP contribution in [0.1, 0.15) is 48.0 Å². The number of carbonyl (C=O) groups is 2. The van der Waals surface area contributed by atoms with E-state index in [4.69, 9.17) is 21.1 Å². The van der Waals surface area contributed by atoms with Gasteiger partial charge in [0.05, 0.1) is 5.39 Å². The molecule has 0 aliphatic heterocycles. The second-order valence-electron chi connectivity index (χ2n) is 8.69. The summed E-state index contributed by atoms with van der Waals surface area (Å²) in [6.07, 6.45) is -0.0233. The quantitative estimate of drug-likeness (QED) is 0.537.